The zero-order valence-electron chi connectivity index (χ0n) is 16.0. The van der Waals surface area contributed by atoms with Crippen molar-refractivity contribution in [1.82, 2.24) is 20.4 Å². The van der Waals surface area contributed by atoms with Crippen LogP contribution in [0.25, 0.3) is 0 Å². The first-order chi connectivity index (χ1) is 12.1. The summed E-state index contributed by atoms with van der Waals surface area (Å²) < 4.78 is 7.85. The van der Waals surface area contributed by atoms with Gasteiger partial charge in [0.15, 0.2) is 5.96 Å². The maximum absolute atomic E-state index is 5.92. The summed E-state index contributed by atoms with van der Waals surface area (Å²) in [6.45, 7) is 11.2. The lowest BCUT2D eigenvalue weighted by molar-refractivity contribution is 0.230. The van der Waals surface area contributed by atoms with Crippen LogP contribution in [0.2, 0.25) is 0 Å². The molecule has 0 saturated heterocycles. The average molecular weight is 471 g/mol. The van der Waals surface area contributed by atoms with E-state index in [4.69, 9.17) is 4.74 Å². The average Bonchev–Trinajstić information content (AvgIpc) is 2.98. The number of rotatable bonds is 8. The quantitative estimate of drug-likeness (QED) is 0.353. The predicted molar refractivity (Wildman–Crippen MR) is 118 cm³/mol. The second-order valence-electron chi connectivity index (χ2n) is 6.17. The van der Waals surface area contributed by atoms with Gasteiger partial charge in [0.05, 0.1) is 19.3 Å². The van der Waals surface area contributed by atoms with Crippen molar-refractivity contribution in [3.05, 3.63) is 47.8 Å². The zero-order valence-corrected chi connectivity index (χ0v) is 18.4. The highest BCUT2D eigenvalue weighted by atomic mass is 127. The molecule has 0 fully saturated rings. The monoisotopic (exact) mass is 471 g/mol. The Morgan fingerprint density at radius 2 is 2.08 bits per heavy atom. The number of aromatic nitrogens is 2. The summed E-state index contributed by atoms with van der Waals surface area (Å²) in [6.07, 6.45) is 3.90. The summed E-state index contributed by atoms with van der Waals surface area (Å²) >= 11 is 0. The smallest absolute Gasteiger partial charge is 0.191 e. The van der Waals surface area contributed by atoms with Crippen LogP contribution < -0.4 is 15.4 Å². The number of hydrogen-bond donors (Lipinski definition) is 2. The molecule has 0 aliphatic carbocycles. The van der Waals surface area contributed by atoms with Gasteiger partial charge in [-0.25, -0.2) is 4.99 Å². The van der Waals surface area contributed by atoms with Crippen LogP contribution in [0.1, 0.15) is 25.0 Å². The Morgan fingerprint density at radius 1 is 1.27 bits per heavy atom. The molecule has 2 aromatic rings. The molecule has 1 atom stereocenters. The van der Waals surface area contributed by atoms with Crippen molar-refractivity contribution in [1.29, 1.82) is 0 Å². The molecule has 6 nitrogen and oxygen atoms in total. The molecule has 26 heavy (non-hydrogen) atoms. The summed E-state index contributed by atoms with van der Waals surface area (Å²) in [6, 6.07) is 8.08. The van der Waals surface area contributed by atoms with Gasteiger partial charge in [-0.3, -0.25) is 4.68 Å². The molecule has 1 aromatic carbocycles. The number of hydrogen-bond acceptors (Lipinski definition) is 3. The SMILES string of the molecule is CCNC(=NCC(C)Oc1cccc(C)c1)NCCn1cc(C)cn1.I. The van der Waals surface area contributed by atoms with Crippen molar-refractivity contribution >= 4 is 29.9 Å². The van der Waals surface area contributed by atoms with E-state index in [-0.39, 0.29) is 30.1 Å². The van der Waals surface area contributed by atoms with Gasteiger partial charge in [-0.15, -0.1) is 24.0 Å². The molecule has 0 spiro atoms. The number of nitrogens with one attached hydrogen (secondary N) is 2. The van der Waals surface area contributed by atoms with Crippen molar-refractivity contribution in [3.63, 3.8) is 0 Å². The summed E-state index contributed by atoms with van der Waals surface area (Å²) in [7, 11) is 0. The number of halogens is 1. The molecule has 144 valence electrons. The molecule has 0 bridgehead atoms. The van der Waals surface area contributed by atoms with Crippen LogP contribution in [0.5, 0.6) is 5.75 Å². The molecule has 7 heteroatoms. The Kier molecular flexibility index (Phi) is 10.1. The topological polar surface area (TPSA) is 63.5 Å². The van der Waals surface area contributed by atoms with Gasteiger partial charge in [-0.05, 0) is 51.0 Å². The number of aryl methyl sites for hydroxylation is 2. The second-order valence-corrected chi connectivity index (χ2v) is 6.17. The number of guanidine groups is 1. The lowest BCUT2D eigenvalue weighted by Gasteiger charge is -2.15. The lowest BCUT2D eigenvalue weighted by atomic mass is 10.2. The van der Waals surface area contributed by atoms with Crippen molar-refractivity contribution < 1.29 is 4.74 Å². The molecule has 0 radical (unpaired) electrons. The number of benzene rings is 1. The third-order valence-corrected chi connectivity index (χ3v) is 3.57. The Hall–Kier alpha value is -1.77. The van der Waals surface area contributed by atoms with Crippen LogP contribution in [0.15, 0.2) is 41.7 Å². The van der Waals surface area contributed by atoms with E-state index < -0.39 is 0 Å². The summed E-state index contributed by atoms with van der Waals surface area (Å²) in [5.41, 5.74) is 2.36. The Bertz CT molecular complexity index is 686. The predicted octanol–water partition coefficient (Wildman–Crippen LogP) is 3.14. The molecule has 1 aromatic heterocycles. The minimum absolute atomic E-state index is 0. The summed E-state index contributed by atoms with van der Waals surface area (Å²) in [5.74, 6) is 1.68. The van der Waals surface area contributed by atoms with E-state index in [1.807, 2.05) is 49.1 Å². The molecule has 2 N–H and O–H groups in total. The van der Waals surface area contributed by atoms with Crippen LogP contribution >= 0.6 is 24.0 Å². The van der Waals surface area contributed by atoms with E-state index in [0.717, 1.165) is 31.3 Å². The highest BCUT2D eigenvalue weighted by Gasteiger charge is 2.05. The van der Waals surface area contributed by atoms with Crippen LogP contribution in [0, 0.1) is 13.8 Å². The minimum Gasteiger partial charge on any atom is -0.489 e. The molecule has 0 aliphatic rings. The molecule has 2 rings (SSSR count). The summed E-state index contributed by atoms with van der Waals surface area (Å²) in [5, 5.41) is 10.9. The maximum atomic E-state index is 5.92. The van der Waals surface area contributed by atoms with Gasteiger partial charge >= 0.3 is 0 Å². The molecule has 0 aliphatic heterocycles. The van der Waals surface area contributed by atoms with E-state index in [0.29, 0.717) is 6.54 Å². The standard InChI is InChI=1S/C19H29N5O.HI/c1-5-20-19(21-9-10-24-14-16(3)12-23-24)22-13-17(4)25-18-8-6-7-15(2)11-18;/h6-8,11-12,14,17H,5,9-10,13H2,1-4H3,(H2,20,21,22);1H. The highest BCUT2D eigenvalue weighted by molar-refractivity contribution is 14.0. The van der Waals surface area contributed by atoms with Crippen LogP contribution in [-0.2, 0) is 6.54 Å². The third-order valence-electron chi connectivity index (χ3n) is 3.57. The van der Waals surface area contributed by atoms with Crippen molar-refractivity contribution in [3.8, 4) is 5.75 Å². The van der Waals surface area contributed by atoms with Gasteiger partial charge < -0.3 is 15.4 Å². The van der Waals surface area contributed by atoms with Crippen molar-refractivity contribution in [2.75, 3.05) is 19.6 Å². The first-order valence-corrected chi connectivity index (χ1v) is 8.81. The highest BCUT2D eigenvalue weighted by Crippen LogP contribution is 2.14. The third kappa shape index (κ3) is 8.07. The van der Waals surface area contributed by atoms with Gasteiger partial charge in [0.25, 0.3) is 0 Å². The second kappa shape index (κ2) is 11.8. The Morgan fingerprint density at radius 3 is 2.73 bits per heavy atom. The number of ether oxygens (including phenoxy) is 1. The molecule has 0 saturated carbocycles. The fourth-order valence-electron chi connectivity index (χ4n) is 2.40. The first-order valence-electron chi connectivity index (χ1n) is 8.81. The molecule has 1 unspecified atom stereocenters. The number of aliphatic imine (C=N–C) groups is 1. The van der Waals surface area contributed by atoms with E-state index >= 15 is 0 Å². The first kappa shape index (κ1) is 22.3. The van der Waals surface area contributed by atoms with Gasteiger partial charge in [0.2, 0.25) is 0 Å². The van der Waals surface area contributed by atoms with Gasteiger partial charge in [-0.1, -0.05) is 12.1 Å². The van der Waals surface area contributed by atoms with Crippen LogP contribution in [0.4, 0.5) is 0 Å². The van der Waals surface area contributed by atoms with E-state index in [1.54, 1.807) is 0 Å². The van der Waals surface area contributed by atoms with Crippen LogP contribution in [-0.4, -0.2) is 41.5 Å². The molecular formula is C19H30IN5O. The maximum Gasteiger partial charge on any atom is 0.191 e. The van der Waals surface area contributed by atoms with Crippen LogP contribution in [0.3, 0.4) is 0 Å². The van der Waals surface area contributed by atoms with E-state index in [1.165, 1.54) is 11.1 Å². The number of nitrogens with zero attached hydrogens (tertiary/aromatic N) is 3. The largest absolute Gasteiger partial charge is 0.489 e. The normalized spacial score (nSPS) is 12.2. The molecular weight excluding hydrogens is 441 g/mol. The molecule has 0 amide bonds. The van der Waals surface area contributed by atoms with E-state index in [9.17, 15) is 0 Å². The Labute approximate surface area is 173 Å². The Balaban J connectivity index is 0.00000338. The minimum atomic E-state index is 0. The van der Waals surface area contributed by atoms with Gasteiger partial charge in [0.1, 0.15) is 11.9 Å². The van der Waals surface area contributed by atoms with Gasteiger partial charge in [0, 0.05) is 19.3 Å². The zero-order chi connectivity index (χ0) is 18.1. The van der Waals surface area contributed by atoms with Crippen molar-refractivity contribution in [2.45, 2.75) is 40.3 Å². The lowest BCUT2D eigenvalue weighted by Crippen LogP contribution is -2.39. The summed E-state index contributed by atoms with van der Waals surface area (Å²) in [4.78, 5) is 4.61. The fraction of sp³-hybridized carbons (Fsp3) is 0.474. The fourth-order valence-corrected chi connectivity index (χ4v) is 2.40. The molecule has 1 heterocycles. The van der Waals surface area contributed by atoms with Gasteiger partial charge in [-0.2, -0.15) is 5.10 Å². The van der Waals surface area contributed by atoms with Crippen molar-refractivity contribution in [2.24, 2.45) is 4.99 Å². The van der Waals surface area contributed by atoms with E-state index in [2.05, 4.69) is 40.6 Å².